The summed E-state index contributed by atoms with van der Waals surface area (Å²) in [6.45, 7) is 10.4. The number of esters is 1. The molecule has 0 aliphatic carbocycles. The van der Waals surface area contributed by atoms with E-state index < -0.39 is 11.6 Å². The fraction of sp³-hybridized carbons (Fsp3) is 0.938. The molecule has 0 unspecified atom stereocenters. The van der Waals surface area contributed by atoms with Crippen molar-refractivity contribution in [2.45, 2.75) is 81.4 Å². The molecule has 0 amide bonds. The normalized spacial score (nSPS) is 41.0. The molecule has 6 nitrogen and oxygen atoms in total. The Labute approximate surface area is 141 Å². The third-order valence-corrected chi connectivity index (χ3v) is 5.93. The molecule has 0 aromatic carbocycles. The summed E-state index contributed by atoms with van der Waals surface area (Å²) in [5, 5.41) is 0.0983. The van der Waals surface area contributed by atoms with Crippen molar-refractivity contribution >= 4 is 17.7 Å². The lowest BCUT2D eigenvalue weighted by Gasteiger charge is -2.26. The molecule has 3 rings (SSSR count). The summed E-state index contributed by atoms with van der Waals surface area (Å²) in [6.07, 6.45) is 0.0351. The molecular weight excluding hydrogens is 320 g/mol. The molecular formula is C16H26O6S. The molecule has 3 aliphatic rings. The van der Waals surface area contributed by atoms with E-state index in [9.17, 15) is 4.79 Å². The maximum Gasteiger partial charge on any atom is 0.306 e. The van der Waals surface area contributed by atoms with E-state index in [1.54, 1.807) is 11.8 Å². The predicted octanol–water partition coefficient (Wildman–Crippen LogP) is 2.10. The lowest BCUT2D eigenvalue weighted by Crippen LogP contribution is -2.38. The SMILES string of the molecule is CCOC(=O)C[C@H]1S[C@@H]([C@H]2COC(C)(C)O2)[C@@H]2OC(C)(C)O[C@@H]21. The van der Waals surface area contributed by atoms with E-state index in [2.05, 4.69) is 0 Å². The second-order valence-electron chi connectivity index (χ2n) is 7.08. The first-order chi connectivity index (χ1) is 10.7. The van der Waals surface area contributed by atoms with Gasteiger partial charge < -0.3 is 23.7 Å². The number of hydrogen-bond donors (Lipinski definition) is 0. The highest BCUT2D eigenvalue weighted by atomic mass is 32.2. The van der Waals surface area contributed by atoms with Gasteiger partial charge in [-0.1, -0.05) is 0 Å². The van der Waals surface area contributed by atoms with Gasteiger partial charge in [-0.15, -0.1) is 11.8 Å². The summed E-state index contributed by atoms with van der Waals surface area (Å²) in [5.41, 5.74) is 0. The van der Waals surface area contributed by atoms with Crippen LogP contribution in [0.2, 0.25) is 0 Å². The molecule has 0 bridgehead atoms. The summed E-state index contributed by atoms with van der Waals surface area (Å²) in [4.78, 5) is 11.9. The molecule has 132 valence electrons. The van der Waals surface area contributed by atoms with Crippen LogP contribution in [-0.4, -0.2) is 59.6 Å². The Morgan fingerprint density at radius 3 is 2.43 bits per heavy atom. The number of carbonyl (C=O) groups is 1. The van der Waals surface area contributed by atoms with Gasteiger partial charge in [-0.3, -0.25) is 4.79 Å². The average Bonchev–Trinajstić information content (AvgIpc) is 3.02. The fourth-order valence-corrected chi connectivity index (χ4v) is 5.12. The maximum atomic E-state index is 11.9. The van der Waals surface area contributed by atoms with Gasteiger partial charge in [0.25, 0.3) is 0 Å². The van der Waals surface area contributed by atoms with Crippen LogP contribution in [0.3, 0.4) is 0 Å². The Morgan fingerprint density at radius 2 is 1.83 bits per heavy atom. The van der Waals surface area contributed by atoms with Gasteiger partial charge in [0.2, 0.25) is 0 Å². The molecule has 3 fully saturated rings. The molecule has 0 aromatic heterocycles. The molecule has 7 heteroatoms. The topological polar surface area (TPSA) is 63.2 Å². The minimum Gasteiger partial charge on any atom is -0.466 e. The standard InChI is InChI=1S/C16H26O6S/c1-6-18-11(17)7-10-12-13(22-16(4,5)21-12)14(23-10)9-8-19-15(2,3)20-9/h9-10,12-14H,6-8H2,1-5H3/t9-,10-,12-,13-,14+/m1/s1. The van der Waals surface area contributed by atoms with Gasteiger partial charge in [-0.25, -0.2) is 0 Å². The van der Waals surface area contributed by atoms with E-state index in [4.69, 9.17) is 23.7 Å². The number of fused-ring (bicyclic) bond motifs is 1. The Hall–Kier alpha value is -0.340. The minimum absolute atomic E-state index is 0.0122. The quantitative estimate of drug-likeness (QED) is 0.722. The van der Waals surface area contributed by atoms with E-state index in [-0.39, 0.29) is 34.8 Å². The second kappa shape index (κ2) is 6.19. The Balaban J connectivity index is 1.73. The third kappa shape index (κ3) is 3.69. The first-order valence-corrected chi connectivity index (χ1v) is 9.13. The molecule has 23 heavy (non-hydrogen) atoms. The maximum absolute atomic E-state index is 11.9. The Kier molecular flexibility index (Phi) is 4.70. The Bertz CT molecular complexity index is 465. The monoisotopic (exact) mass is 346 g/mol. The highest BCUT2D eigenvalue weighted by Crippen LogP contribution is 2.49. The van der Waals surface area contributed by atoms with Crippen molar-refractivity contribution < 1.29 is 28.5 Å². The summed E-state index contributed by atoms with van der Waals surface area (Å²) >= 11 is 1.70. The Morgan fingerprint density at radius 1 is 1.13 bits per heavy atom. The first-order valence-electron chi connectivity index (χ1n) is 8.19. The highest BCUT2D eigenvalue weighted by molar-refractivity contribution is 8.01. The van der Waals surface area contributed by atoms with E-state index in [1.165, 1.54) is 0 Å². The van der Waals surface area contributed by atoms with Gasteiger partial charge in [0.15, 0.2) is 11.6 Å². The zero-order valence-electron chi connectivity index (χ0n) is 14.4. The van der Waals surface area contributed by atoms with Gasteiger partial charge in [0.1, 0.15) is 12.2 Å². The lowest BCUT2D eigenvalue weighted by atomic mass is 10.0. The van der Waals surface area contributed by atoms with Gasteiger partial charge in [0, 0.05) is 5.25 Å². The van der Waals surface area contributed by atoms with E-state index in [1.807, 2.05) is 34.6 Å². The van der Waals surface area contributed by atoms with Crippen LogP contribution in [-0.2, 0) is 28.5 Å². The van der Waals surface area contributed by atoms with Crippen LogP contribution < -0.4 is 0 Å². The zero-order valence-corrected chi connectivity index (χ0v) is 15.2. The summed E-state index contributed by atoms with van der Waals surface area (Å²) in [7, 11) is 0. The van der Waals surface area contributed by atoms with Gasteiger partial charge in [-0.05, 0) is 34.6 Å². The summed E-state index contributed by atoms with van der Waals surface area (Å²) in [6, 6.07) is 0. The molecule has 0 N–H and O–H groups in total. The van der Waals surface area contributed by atoms with Gasteiger partial charge in [0.05, 0.1) is 31.0 Å². The number of ether oxygens (including phenoxy) is 5. The summed E-state index contributed by atoms with van der Waals surface area (Å²) < 4.78 is 29.0. The van der Waals surface area contributed by atoms with Crippen LogP contribution in [0.4, 0.5) is 0 Å². The van der Waals surface area contributed by atoms with Crippen molar-refractivity contribution in [2.75, 3.05) is 13.2 Å². The molecule has 3 aliphatic heterocycles. The third-order valence-electron chi connectivity index (χ3n) is 4.26. The molecule has 0 spiro atoms. The van der Waals surface area contributed by atoms with Gasteiger partial charge >= 0.3 is 5.97 Å². The van der Waals surface area contributed by atoms with E-state index >= 15 is 0 Å². The van der Waals surface area contributed by atoms with Crippen LogP contribution in [0.15, 0.2) is 0 Å². The predicted molar refractivity (Wildman–Crippen MR) is 85.1 cm³/mol. The molecule has 3 heterocycles. The van der Waals surface area contributed by atoms with Crippen molar-refractivity contribution in [1.82, 2.24) is 0 Å². The van der Waals surface area contributed by atoms with Crippen LogP contribution in [0.25, 0.3) is 0 Å². The first kappa shape index (κ1) is 17.5. The smallest absolute Gasteiger partial charge is 0.306 e. The van der Waals surface area contributed by atoms with Crippen molar-refractivity contribution in [1.29, 1.82) is 0 Å². The average molecular weight is 346 g/mol. The molecule has 3 saturated heterocycles. The number of thioether (sulfide) groups is 1. The molecule has 5 atom stereocenters. The van der Waals surface area contributed by atoms with Crippen molar-refractivity contribution in [3.05, 3.63) is 0 Å². The molecule has 0 saturated carbocycles. The number of hydrogen-bond acceptors (Lipinski definition) is 7. The van der Waals surface area contributed by atoms with Crippen LogP contribution in [0.1, 0.15) is 41.0 Å². The lowest BCUT2D eigenvalue weighted by molar-refractivity contribution is -0.157. The minimum atomic E-state index is -0.642. The van der Waals surface area contributed by atoms with E-state index in [0.29, 0.717) is 19.6 Å². The van der Waals surface area contributed by atoms with Crippen LogP contribution >= 0.6 is 11.8 Å². The van der Waals surface area contributed by atoms with Crippen LogP contribution in [0.5, 0.6) is 0 Å². The largest absolute Gasteiger partial charge is 0.466 e. The van der Waals surface area contributed by atoms with Crippen LogP contribution in [0, 0.1) is 0 Å². The number of rotatable bonds is 4. The van der Waals surface area contributed by atoms with Crippen molar-refractivity contribution in [3.8, 4) is 0 Å². The van der Waals surface area contributed by atoms with E-state index in [0.717, 1.165) is 0 Å². The fourth-order valence-electron chi connectivity index (χ4n) is 3.44. The number of carbonyl (C=O) groups excluding carboxylic acids is 1. The van der Waals surface area contributed by atoms with Gasteiger partial charge in [-0.2, -0.15) is 0 Å². The van der Waals surface area contributed by atoms with Crippen molar-refractivity contribution in [2.24, 2.45) is 0 Å². The molecule has 0 aromatic rings. The second-order valence-corrected chi connectivity index (χ2v) is 8.50. The highest BCUT2D eigenvalue weighted by Gasteiger charge is 2.58. The zero-order chi connectivity index (χ0) is 16.8. The summed E-state index contributed by atoms with van der Waals surface area (Å²) in [5.74, 6) is -1.41. The molecule has 0 radical (unpaired) electrons. The van der Waals surface area contributed by atoms with Crippen molar-refractivity contribution in [3.63, 3.8) is 0 Å².